The summed E-state index contributed by atoms with van der Waals surface area (Å²) in [6, 6.07) is 27.0. The minimum atomic E-state index is -0.186. The molecule has 1 unspecified atom stereocenters. The molecule has 1 amide bonds. The lowest BCUT2D eigenvalue weighted by Gasteiger charge is -2.19. The molecule has 1 aromatic heterocycles. The van der Waals surface area contributed by atoms with E-state index in [9.17, 15) is 9.59 Å². The largest absolute Gasteiger partial charge is 0.466 e. The normalized spacial score (nSPS) is 14.3. The van der Waals surface area contributed by atoms with E-state index in [2.05, 4.69) is 71.1 Å². The average Bonchev–Trinajstić information content (AvgIpc) is 3.65. The molecule has 4 aromatic rings. The van der Waals surface area contributed by atoms with E-state index in [0.29, 0.717) is 18.8 Å². The lowest BCUT2D eigenvalue weighted by molar-refractivity contribution is -0.143. The molecule has 3 aromatic carbocycles. The van der Waals surface area contributed by atoms with Gasteiger partial charge in [-0.1, -0.05) is 84.0 Å². The second kappa shape index (κ2) is 12.5. The smallest absolute Gasteiger partial charge is 0.306 e. The number of hydrogen-bond donors (Lipinski definition) is 1. The second-order valence-corrected chi connectivity index (χ2v) is 11.1. The van der Waals surface area contributed by atoms with Gasteiger partial charge in [0.05, 0.1) is 24.8 Å². The van der Waals surface area contributed by atoms with Crippen LogP contribution < -0.4 is 5.32 Å². The molecule has 0 saturated heterocycles. The lowest BCUT2D eigenvalue weighted by atomic mass is 9.90. The van der Waals surface area contributed by atoms with Crippen LogP contribution in [0.3, 0.4) is 0 Å². The van der Waals surface area contributed by atoms with Crippen molar-refractivity contribution in [3.8, 4) is 22.5 Å². The fraction of sp³-hybridized carbons (Fsp3) is 0.343. The van der Waals surface area contributed by atoms with E-state index in [-0.39, 0.29) is 23.3 Å². The number of carbonyl (C=O) groups excluding carboxylic acids is 2. The molecule has 1 fully saturated rings. The monoisotopic (exact) mass is 550 g/mol. The van der Waals surface area contributed by atoms with E-state index < -0.39 is 0 Å². The molecule has 5 rings (SSSR count). The van der Waals surface area contributed by atoms with Crippen LogP contribution >= 0.6 is 0 Å². The molecule has 1 saturated carbocycles. The second-order valence-electron chi connectivity index (χ2n) is 11.1. The molecule has 1 aliphatic rings. The van der Waals surface area contributed by atoms with E-state index in [1.54, 1.807) is 6.92 Å². The number of nitrogens with one attached hydrogen (secondary N) is 1. The standard InChI is InChI=1S/C35H38N2O4/c1-4-40-32(39)23-35(21-22-35)30-19-17-28(18-20-30)27-13-15-29(16-14-27)34-33(24(2)37-41-34)31(36-25(3)38)12-8-11-26-9-6-5-7-10-26/h5-7,9-10,13-20,31H,4,8,11-12,21-23H2,1-3H3,(H,36,38). The molecule has 212 valence electrons. The van der Waals surface area contributed by atoms with Crippen LogP contribution in [0, 0.1) is 6.92 Å². The molecule has 0 aliphatic heterocycles. The highest BCUT2D eigenvalue weighted by molar-refractivity contribution is 5.75. The van der Waals surface area contributed by atoms with Crippen molar-refractivity contribution in [3.05, 3.63) is 101 Å². The van der Waals surface area contributed by atoms with Crippen LogP contribution in [0.5, 0.6) is 0 Å². The van der Waals surface area contributed by atoms with E-state index in [4.69, 9.17) is 9.26 Å². The maximum atomic E-state index is 12.1. The van der Waals surface area contributed by atoms with E-state index in [1.165, 1.54) is 11.1 Å². The van der Waals surface area contributed by atoms with Crippen LogP contribution in [-0.2, 0) is 26.2 Å². The molecule has 0 radical (unpaired) electrons. The molecule has 6 heteroatoms. The van der Waals surface area contributed by atoms with Crippen molar-refractivity contribution in [3.63, 3.8) is 0 Å². The van der Waals surface area contributed by atoms with Gasteiger partial charge in [0.1, 0.15) is 0 Å². The molecule has 6 nitrogen and oxygen atoms in total. The zero-order valence-electron chi connectivity index (χ0n) is 24.1. The fourth-order valence-electron chi connectivity index (χ4n) is 5.72. The molecule has 1 heterocycles. The van der Waals surface area contributed by atoms with Crippen molar-refractivity contribution < 1.29 is 18.8 Å². The summed E-state index contributed by atoms with van der Waals surface area (Å²) in [5.74, 6) is 0.497. The first-order valence-corrected chi connectivity index (χ1v) is 14.5. The predicted octanol–water partition coefficient (Wildman–Crippen LogP) is 7.50. The van der Waals surface area contributed by atoms with Gasteiger partial charge in [0, 0.05) is 23.5 Å². The van der Waals surface area contributed by atoms with E-state index in [1.807, 2.05) is 32.0 Å². The predicted molar refractivity (Wildman–Crippen MR) is 160 cm³/mol. The van der Waals surface area contributed by atoms with Crippen molar-refractivity contribution in [2.45, 2.75) is 70.8 Å². The average molecular weight is 551 g/mol. The van der Waals surface area contributed by atoms with Crippen LogP contribution in [0.4, 0.5) is 0 Å². The van der Waals surface area contributed by atoms with Gasteiger partial charge in [-0.25, -0.2) is 0 Å². The zero-order chi connectivity index (χ0) is 28.8. The summed E-state index contributed by atoms with van der Waals surface area (Å²) in [5.41, 5.74) is 7.26. The first kappa shape index (κ1) is 28.3. The number of benzene rings is 3. The Hall–Kier alpha value is -4.19. The summed E-state index contributed by atoms with van der Waals surface area (Å²) in [6.07, 6.45) is 5.13. The zero-order valence-corrected chi connectivity index (χ0v) is 24.1. The first-order valence-electron chi connectivity index (χ1n) is 14.5. The number of amides is 1. The molecule has 1 atom stereocenters. The Bertz CT molecular complexity index is 1470. The quantitative estimate of drug-likeness (QED) is 0.185. The molecule has 0 spiro atoms. The molecule has 1 aliphatic carbocycles. The Morgan fingerprint density at radius 1 is 0.951 bits per heavy atom. The van der Waals surface area contributed by atoms with Gasteiger partial charge < -0.3 is 14.6 Å². The summed E-state index contributed by atoms with van der Waals surface area (Å²) in [4.78, 5) is 24.2. The number of esters is 1. The van der Waals surface area contributed by atoms with Crippen LogP contribution in [0.25, 0.3) is 22.5 Å². The Kier molecular flexibility index (Phi) is 8.67. The van der Waals surface area contributed by atoms with Gasteiger partial charge in [0.15, 0.2) is 5.76 Å². The van der Waals surface area contributed by atoms with E-state index >= 15 is 0 Å². The van der Waals surface area contributed by atoms with Gasteiger partial charge in [0.25, 0.3) is 0 Å². The highest BCUT2D eigenvalue weighted by Crippen LogP contribution is 2.51. The minimum absolute atomic E-state index is 0.0687. The van der Waals surface area contributed by atoms with Crippen LogP contribution in [-0.4, -0.2) is 23.6 Å². The number of nitrogens with zero attached hydrogens (tertiary/aromatic N) is 1. The maximum absolute atomic E-state index is 12.1. The van der Waals surface area contributed by atoms with Crippen molar-refractivity contribution >= 4 is 11.9 Å². The summed E-state index contributed by atoms with van der Waals surface area (Å²) < 4.78 is 11.0. The van der Waals surface area contributed by atoms with Gasteiger partial charge in [-0.3, -0.25) is 9.59 Å². The van der Waals surface area contributed by atoms with Gasteiger partial charge in [0.2, 0.25) is 5.91 Å². The highest BCUT2D eigenvalue weighted by atomic mass is 16.5. The first-order chi connectivity index (χ1) is 19.9. The number of aromatic nitrogens is 1. The molecule has 0 bridgehead atoms. The van der Waals surface area contributed by atoms with Crippen molar-refractivity contribution in [2.24, 2.45) is 0 Å². The van der Waals surface area contributed by atoms with Crippen LogP contribution in [0.15, 0.2) is 83.4 Å². The van der Waals surface area contributed by atoms with Gasteiger partial charge in [-0.15, -0.1) is 0 Å². The van der Waals surface area contributed by atoms with Gasteiger partial charge >= 0.3 is 5.97 Å². The van der Waals surface area contributed by atoms with Crippen molar-refractivity contribution in [2.75, 3.05) is 6.61 Å². The summed E-state index contributed by atoms with van der Waals surface area (Å²) in [5, 5.41) is 7.41. The number of aryl methyl sites for hydroxylation is 2. The number of ether oxygens (including phenoxy) is 1. The van der Waals surface area contributed by atoms with Gasteiger partial charge in [-0.2, -0.15) is 0 Å². The third-order valence-electron chi connectivity index (χ3n) is 8.05. The third-order valence-corrected chi connectivity index (χ3v) is 8.05. The Morgan fingerprint density at radius 2 is 1.59 bits per heavy atom. The summed E-state index contributed by atoms with van der Waals surface area (Å²) in [7, 11) is 0. The molecular weight excluding hydrogens is 512 g/mol. The minimum Gasteiger partial charge on any atom is -0.466 e. The molecule has 1 N–H and O–H groups in total. The van der Waals surface area contributed by atoms with Crippen molar-refractivity contribution in [1.29, 1.82) is 0 Å². The number of hydrogen-bond acceptors (Lipinski definition) is 5. The van der Waals surface area contributed by atoms with Crippen LogP contribution in [0.2, 0.25) is 0 Å². The maximum Gasteiger partial charge on any atom is 0.306 e. The summed E-state index contributed by atoms with van der Waals surface area (Å²) >= 11 is 0. The molecular formula is C35H38N2O4. The van der Waals surface area contributed by atoms with Crippen molar-refractivity contribution in [1.82, 2.24) is 10.5 Å². The highest BCUT2D eigenvalue weighted by Gasteiger charge is 2.46. The Balaban J connectivity index is 1.31. The van der Waals surface area contributed by atoms with E-state index in [0.717, 1.165) is 60.1 Å². The third kappa shape index (κ3) is 6.76. The molecule has 41 heavy (non-hydrogen) atoms. The lowest BCUT2D eigenvalue weighted by Crippen LogP contribution is -2.26. The Morgan fingerprint density at radius 3 is 2.20 bits per heavy atom. The SMILES string of the molecule is CCOC(=O)CC1(c2ccc(-c3ccc(-c4onc(C)c4C(CCCc4ccccc4)NC(C)=O)cc3)cc2)CC1. The summed E-state index contributed by atoms with van der Waals surface area (Å²) in [6.45, 7) is 5.74. The fourth-order valence-corrected chi connectivity index (χ4v) is 5.72. The number of carbonyl (C=O) groups is 2. The Labute approximate surface area is 242 Å². The topological polar surface area (TPSA) is 81.4 Å². The van der Waals surface area contributed by atoms with Gasteiger partial charge in [-0.05, 0) is 68.2 Å². The number of rotatable bonds is 12. The van der Waals surface area contributed by atoms with Crippen LogP contribution in [0.1, 0.15) is 74.4 Å².